The molecule has 2 saturated carbocycles. The number of likely N-dealkylation sites (N-methyl/N-ethyl adjacent to an activating group) is 1. The van der Waals surface area contributed by atoms with Crippen molar-refractivity contribution in [2.45, 2.75) is 31.3 Å². The van der Waals surface area contributed by atoms with E-state index in [9.17, 15) is 9.90 Å². The highest BCUT2D eigenvalue weighted by molar-refractivity contribution is 5.74. The normalized spacial score (nSPS) is 29.7. The number of amides is 2. The summed E-state index contributed by atoms with van der Waals surface area (Å²) in [5.74, 6) is 1.36. The van der Waals surface area contributed by atoms with Crippen LogP contribution in [0.3, 0.4) is 0 Å². The number of nitrogens with zero attached hydrogens (tertiary/aromatic N) is 1. The molecule has 3 rings (SSSR count). The Balaban J connectivity index is 1.55. The lowest BCUT2D eigenvalue weighted by atomic mass is 9.85. The van der Waals surface area contributed by atoms with Gasteiger partial charge >= 0.3 is 6.03 Å². The van der Waals surface area contributed by atoms with E-state index >= 15 is 0 Å². The highest BCUT2D eigenvalue weighted by Gasteiger charge is 2.47. The summed E-state index contributed by atoms with van der Waals surface area (Å²) in [6.07, 6.45) is 3.53. The summed E-state index contributed by atoms with van der Waals surface area (Å²) in [6.45, 7) is 0.740. The van der Waals surface area contributed by atoms with E-state index in [0.717, 1.165) is 6.42 Å². The third-order valence-corrected chi connectivity index (χ3v) is 5.86. The molecule has 2 bridgehead atoms. The van der Waals surface area contributed by atoms with Crippen molar-refractivity contribution in [1.82, 2.24) is 15.5 Å². The van der Waals surface area contributed by atoms with Crippen molar-refractivity contribution in [2.24, 2.45) is 17.8 Å². The van der Waals surface area contributed by atoms with Crippen LogP contribution in [0.15, 0.2) is 30.3 Å². The van der Waals surface area contributed by atoms with E-state index in [1.807, 2.05) is 32.3 Å². The molecule has 0 saturated heterocycles. The van der Waals surface area contributed by atoms with Crippen LogP contribution in [0.25, 0.3) is 0 Å². The average molecular weight is 331 g/mol. The molecule has 0 aromatic heterocycles. The maximum Gasteiger partial charge on any atom is 0.315 e. The molecule has 2 amide bonds. The van der Waals surface area contributed by atoms with Crippen LogP contribution in [0, 0.1) is 17.8 Å². The molecule has 24 heavy (non-hydrogen) atoms. The zero-order valence-corrected chi connectivity index (χ0v) is 14.6. The Hall–Kier alpha value is -1.59. The fourth-order valence-electron chi connectivity index (χ4n) is 4.56. The number of urea groups is 1. The molecule has 2 aliphatic rings. The molecule has 2 fully saturated rings. The number of nitrogens with one attached hydrogen (secondary N) is 2. The Morgan fingerprint density at radius 2 is 1.96 bits per heavy atom. The van der Waals surface area contributed by atoms with Crippen LogP contribution in [0.2, 0.25) is 0 Å². The van der Waals surface area contributed by atoms with Crippen LogP contribution in [-0.2, 0) is 0 Å². The molecule has 132 valence electrons. The van der Waals surface area contributed by atoms with Gasteiger partial charge in [-0.05, 0) is 50.8 Å². The monoisotopic (exact) mass is 331 g/mol. The van der Waals surface area contributed by atoms with Crippen LogP contribution >= 0.6 is 0 Å². The van der Waals surface area contributed by atoms with Crippen molar-refractivity contribution in [1.29, 1.82) is 0 Å². The quantitative estimate of drug-likeness (QED) is 0.747. The van der Waals surface area contributed by atoms with Gasteiger partial charge in [-0.3, -0.25) is 0 Å². The van der Waals surface area contributed by atoms with Crippen molar-refractivity contribution in [3.63, 3.8) is 0 Å². The van der Waals surface area contributed by atoms with Crippen LogP contribution in [0.1, 0.15) is 30.9 Å². The third-order valence-electron chi connectivity index (χ3n) is 5.86. The Morgan fingerprint density at radius 1 is 1.25 bits per heavy atom. The highest BCUT2D eigenvalue weighted by atomic mass is 16.3. The molecule has 3 N–H and O–H groups in total. The Labute approximate surface area is 144 Å². The van der Waals surface area contributed by atoms with Crippen LogP contribution in [-0.4, -0.2) is 49.3 Å². The van der Waals surface area contributed by atoms with Crippen LogP contribution in [0.4, 0.5) is 4.79 Å². The molecule has 5 unspecified atom stereocenters. The molecule has 5 atom stereocenters. The zero-order valence-electron chi connectivity index (χ0n) is 14.6. The van der Waals surface area contributed by atoms with Crippen molar-refractivity contribution < 1.29 is 9.90 Å². The number of hydrogen-bond acceptors (Lipinski definition) is 3. The minimum atomic E-state index is -0.117. The zero-order chi connectivity index (χ0) is 17.1. The highest BCUT2D eigenvalue weighted by Crippen LogP contribution is 2.48. The summed E-state index contributed by atoms with van der Waals surface area (Å²) in [7, 11) is 4.05. The van der Waals surface area contributed by atoms with E-state index < -0.39 is 0 Å². The first-order chi connectivity index (χ1) is 11.6. The first kappa shape index (κ1) is 17.2. The second kappa shape index (κ2) is 7.53. The molecular formula is C19H29N3O2. The van der Waals surface area contributed by atoms with E-state index in [4.69, 9.17) is 0 Å². The van der Waals surface area contributed by atoms with Gasteiger partial charge in [0.25, 0.3) is 0 Å². The summed E-state index contributed by atoms with van der Waals surface area (Å²) in [4.78, 5) is 14.5. The van der Waals surface area contributed by atoms with Crippen molar-refractivity contribution >= 4 is 6.03 Å². The maximum atomic E-state index is 12.4. The molecule has 0 spiro atoms. The van der Waals surface area contributed by atoms with Crippen molar-refractivity contribution in [3.05, 3.63) is 35.9 Å². The van der Waals surface area contributed by atoms with Gasteiger partial charge in [0.2, 0.25) is 0 Å². The minimum Gasteiger partial charge on any atom is -0.396 e. The van der Waals surface area contributed by atoms with Gasteiger partial charge in [-0.25, -0.2) is 4.79 Å². The van der Waals surface area contributed by atoms with Gasteiger partial charge in [-0.15, -0.1) is 0 Å². The first-order valence-corrected chi connectivity index (χ1v) is 8.96. The molecule has 2 aliphatic carbocycles. The van der Waals surface area contributed by atoms with E-state index in [-0.39, 0.29) is 30.6 Å². The lowest BCUT2D eigenvalue weighted by Crippen LogP contribution is -2.50. The third kappa shape index (κ3) is 3.57. The number of carbonyl (C=O) groups is 1. The molecule has 5 nitrogen and oxygen atoms in total. The van der Waals surface area contributed by atoms with Crippen LogP contribution < -0.4 is 10.6 Å². The maximum absolute atomic E-state index is 12.4. The predicted molar refractivity (Wildman–Crippen MR) is 94.6 cm³/mol. The second-order valence-corrected chi connectivity index (χ2v) is 7.45. The van der Waals surface area contributed by atoms with E-state index in [1.165, 1.54) is 18.4 Å². The molecule has 1 aromatic carbocycles. The van der Waals surface area contributed by atoms with Crippen molar-refractivity contribution in [3.8, 4) is 0 Å². The van der Waals surface area contributed by atoms with E-state index in [1.54, 1.807) is 0 Å². The van der Waals surface area contributed by atoms with Gasteiger partial charge in [0.1, 0.15) is 0 Å². The lowest BCUT2D eigenvalue weighted by Gasteiger charge is -2.31. The molecule has 5 heteroatoms. The number of aliphatic hydroxyl groups excluding tert-OH is 1. The number of carbonyl (C=O) groups excluding carboxylic acids is 1. The minimum absolute atomic E-state index is 0.117. The van der Waals surface area contributed by atoms with Gasteiger partial charge in [-0.2, -0.15) is 0 Å². The summed E-state index contributed by atoms with van der Waals surface area (Å²) < 4.78 is 0. The molecule has 0 heterocycles. The average Bonchev–Trinajstić information content (AvgIpc) is 3.17. The summed E-state index contributed by atoms with van der Waals surface area (Å²) in [5.41, 5.74) is 1.19. The topological polar surface area (TPSA) is 64.6 Å². The van der Waals surface area contributed by atoms with E-state index in [2.05, 4.69) is 27.7 Å². The molecule has 0 aliphatic heterocycles. The Kier molecular flexibility index (Phi) is 5.41. The number of aliphatic hydroxyl groups is 1. The molecule has 0 radical (unpaired) electrons. The largest absolute Gasteiger partial charge is 0.396 e. The SMILES string of the molecule is CN(C)C(CNC(=O)NC1C2CCC(C2)C1CO)c1ccccc1. The summed E-state index contributed by atoms with van der Waals surface area (Å²) in [6, 6.07) is 10.4. The Bertz CT molecular complexity index is 549. The fraction of sp³-hybridized carbons (Fsp3) is 0.632. The molecular weight excluding hydrogens is 302 g/mol. The number of benzene rings is 1. The summed E-state index contributed by atoms with van der Waals surface area (Å²) >= 11 is 0. The summed E-state index contributed by atoms with van der Waals surface area (Å²) in [5, 5.41) is 15.8. The lowest BCUT2D eigenvalue weighted by molar-refractivity contribution is 0.144. The van der Waals surface area contributed by atoms with Gasteiger partial charge in [0.15, 0.2) is 0 Å². The van der Waals surface area contributed by atoms with Gasteiger partial charge in [0.05, 0.1) is 6.04 Å². The van der Waals surface area contributed by atoms with Crippen molar-refractivity contribution in [2.75, 3.05) is 27.2 Å². The fourth-order valence-corrected chi connectivity index (χ4v) is 4.56. The van der Waals surface area contributed by atoms with E-state index in [0.29, 0.717) is 18.4 Å². The smallest absolute Gasteiger partial charge is 0.315 e. The van der Waals surface area contributed by atoms with Gasteiger partial charge in [-0.1, -0.05) is 30.3 Å². The standard InChI is InChI=1S/C19H29N3O2/c1-22(2)17(13-6-4-3-5-7-13)11-20-19(24)21-18-15-9-8-14(10-15)16(18)12-23/h3-7,14-18,23H,8-12H2,1-2H3,(H2,20,21,24). The first-order valence-electron chi connectivity index (χ1n) is 8.96. The Morgan fingerprint density at radius 3 is 2.62 bits per heavy atom. The van der Waals surface area contributed by atoms with Gasteiger partial charge < -0.3 is 20.6 Å². The predicted octanol–water partition coefficient (Wildman–Crippen LogP) is 2.00. The number of rotatable bonds is 6. The van der Waals surface area contributed by atoms with Crippen LogP contribution in [0.5, 0.6) is 0 Å². The molecule has 1 aromatic rings. The second-order valence-electron chi connectivity index (χ2n) is 7.45. The van der Waals surface area contributed by atoms with Gasteiger partial charge in [0, 0.05) is 25.1 Å². The number of hydrogen-bond donors (Lipinski definition) is 3. The number of fused-ring (bicyclic) bond motifs is 2.